The van der Waals surface area contributed by atoms with Gasteiger partial charge in [-0.1, -0.05) is 6.07 Å². The SMILES string of the molecule is O=C(Cc1ccc(Br)s1)c1cccs1. The summed E-state index contributed by atoms with van der Waals surface area (Å²) in [6.45, 7) is 0. The van der Waals surface area contributed by atoms with E-state index >= 15 is 0 Å². The number of hydrogen-bond acceptors (Lipinski definition) is 3. The molecule has 2 heterocycles. The van der Waals surface area contributed by atoms with Crippen LogP contribution in [0.4, 0.5) is 0 Å². The Hall–Kier alpha value is -0.450. The average Bonchev–Trinajstić information content (AvgIpc) is 2.75. The molecular formula is C10H7BrOS2. The molecule has 14 heavy (non-hydrogen) atoms. The van der Waals surface area contributed by atoms with E-state index in [0.717, 1.165) is 13.5 Å². The number of carbonyl (C=O) groups excluding carboxylic acids is 1. The molecule has 72 valence electrons. The van der Waals surface area contributed by atoms with Crippen molar-refractivity contribution in [2.45, 2.75) is 6.42 Å². The predicted molar refractivity (Wildman–Crippen MR) is 64.4 cm³/mol. The van der Waals surface area contributed by atoms with E-state index in [0.29, 0.717) is 6.42 Å². The molecule has 0 N–H and O–H groups in total. The average molecular weight is 287 g/mol. The van der Waals surface area contributed by atoms with Crippen molar-refractivity contribution >= 4 is 44.4 Å². The van der Waals surface area contributed by atoms with Gasteiger partial charge in [-0.25, -0.2) is 0 Å². The maximum atomic E-state index is 11.7. The number of thiophene rings is 2. The summed E-state index contributed by atoms with van der Waals surface area (Å²) in [5.74, 6) is 0.203. The molecule has 0 aliphatic carbocycles. The van der Waals surface area contributed by atoms with Crippen molar-refractivity contribution in [3.05, 3.63) is 43.2 Å². The first-order valence-electron chi connectivity index (χ1n) is 4.06. The molecule has 0 aromatic carbocycles. The second-order valence-electron chi connectivity index (χ2n) is 2.78. The summed E-state index contributed by atoms with van der Waals surface area (Å²) in [5.41, 5.74) is 0. The number of Topliss-reactive ketones (excluding diaryl/α,β-unsaturated/α-hetero) is 1. The molecule has 4 heteroatoms. The van der Waals surface area contributed by atoms with Crippen molar-refractivity contribution in [1.29, 1.82) is 0 Å². The van der Waals surface area contributed by atoms with E-state index in [4.69, 9.17) is 0 Å². The molecule has 0 saturated carbocycles. The number of hydrogen-bond donors (Lipinski definition) is 0. The van der Waals surface area contributed by atoms with Gasteiger partial charge in [0, 0.05) is 11.3 Å². The van der Waals surface area contributed by atoms with E-state index in [-0.39, 0.29) is 5.78 Å². The first kappa shape index (κ1) is 10.1. The molecule has 0 aliphatic rings. The Kier molecular flexibility index (Phi) is 3.15. The summed E-state index contributed by atoms with van der Waals surface area (Å²) in [4.78, 5) is 13.6. The fourth-order valence-corrected chi connectivity index (χ4v) is 3.28. The lowest BCUT2D eigenvalue weighted by atomic mass is 10.2. The number of halogens is 1. The predicted octanol–water partition coefficient (Wildman–Crippen LogP) is 4.00. The zero-order valence-electron chi connectivity index (χ0n) is 7.20. The van der Waals surface area contributed by atoms with E-state index in [2.05, 4.69) is 15.9 Å². The highest BCUT2D eigenvalue weighted by Crippen LogP contribution is 2.23. The first-order valence-corrected chi connectivity index (χ1v) is 6.55. The van der Waals surface area contributed by atoms with Crippen LogP contribution >= 0.6 is 38.6 Å². The molecule has 0 unspecified atom stereocenters. The van der Waals surface area contributed by atoms with Gasteiger partial charge in [0.25, 0.3) is 0 Å². The molecular weight excluding hydrogens is 280 g/mol. The summed E-state index contributed by atoms with van der Waals surface area (Å²) in [5, 5.41) is 1.93. The molecule has 0 bridgehead atoms. The van der Waals surface area contributed by atoms with Crippen molar-refractivity contribution < 1.29 is 4.79 Å². The van der Waals surface area contributed by atoms with Crippen LogP contribution in [-0.2, 0) is 6.42 Å². The molecule has 2 aromatic rings. The van der Waals surface area contributed by atoms with Gasteiger partial charge in [0.05, 0.1) is 8.66 Å². The molecule has 0 saturated heterocycles. The van der Waals surface area contributed by atoms with Gasteiger partial charge in [-0.05, 0) is 39.5 Å². The first-order chi connectivity index (χ1) is 6.75. The fraction of sp³-hybridized carbons (Fsp3) is 0.100. The number of carbonyl (C=O) groups is 1. The van der Waals surface area contributed by atoms with Gasteiger partial charge in [0.1, 0.15) is 0 Å². The van der Waals surface area contributed by atoms with Crippen LogP contribution in [-0.4, -0.2) is 5.78 Å². The minimum atomic E-state index is 0.203. The van der Waals surface area contributed by atoms with Crippen molar-refractivity contribution in [2.24, 2.45) is 0 Å². The largest absolute Gasteiger partial charge is 0.293 e. The van der Waals surface area contributed by atoms with Crippen molar-refractivity contribution in [1.82, 2.24) is 0 Å². The maximum Gasteiger partial charge on any atom is 0.177 e. The molecule has 0 atom stereocenters. The van der Waals surface area contributed by atoms with Crippen LogP contribution in [0.15, 0.2) is 33.4 Å². The molecule has 2 aromatic heterocycles. The van der Waals surface area contributed by atoms with Crippen LogP contribution in [0.3, 0.4) is 0 Å². The standard InChI is InChI=1S/C10H7BrOS2/c11-10-4-3-7(14-10)6-8(12)9-2-1-5-13-9/h1-5H,6H2. The van der Waals surface area contributed by atoms with E-state index in [9.17, 15) is 4.79 Å². The Bertz CT molecular complexity index is 431. The number of ketones is 1. The van der Waals surface area contributed by atoms with Crippen LogP contribution < -0.4 is 0 Å². The molecule has 0 aliphatic heterocycles. The molecule has 0 amide bonds. The molecule has 0 radical (unpaired) electrons. The van der Waals surface area contributed by atoms with Crippen LogP contribution in [0.5, 0.6) is 0 Å². The van der Waals surface area contributed by atoms with E-state index < -0.39 is 0 Å². The van der Waals surface area contributed by atoms with Gasteiger partial charge in [-0.3, -0.25) is 4.79 Å². The van der Waals surface area contributed by atoms with E-state index in [1.807, 2.05) is 29.6 Å². The van der Waals surface area contributed by atoms with Gasteiger partial charge in [-0.2, -0.15) is 0 Å². The van der Waals surface area contributed by atoms with Crippen LogP contribution in [0.25, 0.3) is 0 Å². The minimum Gasteiger partial charge on any atom is -0.293 e. The Balaban J connectivity index is 2.09. The third-order valence-electron chi connectivity index (χ3n) is 1.76. The highest BCUT2D eigenvalue weighted by atomic mass is 79.9. The molecule has 1 nitrogen and oxygen atoms in total. The van der Waals surface area contributed by atoms with Gasteiger partial charge >= 0.3 is 0 Å². The van der Waals surface area contributed by atoms with Crippen molar-refractivity contribution in [2.75, 3.05) is 0 Å². The van der Waals surface area contributed by atoms with Crippen molar-refractivity contribution in [3.63, 3.8) is 0 Å². The normalized spacial score (nSPS) is 10.4. The Morgan fingerprint density at radius 2 is 2.21 bits per heavy atom. The Morgan fingerprint density at radius 1 is 1.36 bits per heavy atom. The van der Waals surface area contributed by atoms with Gasteiger partial charge in [0.15, 0.2) is 5.78 Å². The third kappa shape index (κ3) is 2.32. The fourth-order valence-electron chi connectivity index (χ4n) is 1.13. The summed E-state index contributed by atoms with van der Waals surface area (Å²) < 4.78 is 1.08. The van der Waals surface area contributed by atoms with Crippen molar-refractivity contribution in [3.8, 4) is 0 Å². The second-order valence-corrected chi connectivity index (χ2v) is 6.28. The highest BCUT2D eigenvalue weighted by molar-refractivity contribution is 9.11. The quantitative estimate of drug-likeness (QED) is 0.780. The summed E-state index contributed by atoms with van der Waals surface area (Å²) in [6.07, 6.45) is 0.511. The minimum absolute atomic E-state index is 0.203. The zero-order valence-corrected chi connectivity index (χ0v) is 10.4. The number of rotatable bonds is 3. The van der Waals surface area contributed by atoms with E-state index in [1.54, 1.807) is 11.3 Å². The lowest BCUT2D eigenvalue weighted by Gasteiger charge is -1.93. The summed E-state index contributed by atoms with van der Waals surface area (Å²) in [6, 6.07) is 7.74. The molecule has 0 spiro atoms. The zero-order chi connectivity index (χ0) is 9.97. The molecule has 0 fully saturated rings. The topological polar surface area (TPSA) is 17.1 Å². The second kappa shape index (κ2) is 4.38. The summed E-state index contributed by atoms with van der Waals surface area (Å²) in [7, 11) is 0. The third-order valence-corrected chi connectivity index (χ3v) is 4.29. The lowest BCUT2D eigenvalue weighted by molar-refractivity contribution is 0.0997. The monoisotopic (exact) mass is 286 g/mol. The Morgan fingerprint density at radius 3 is 2.79 bits per heavy atom. The van der Waals surface area contributed by atoms with Crippen LogP contribution in [0.2, 0.25) is 0 Å². The van der Waals surface area contributed by atoms with Crippen LogP contribution in [0, 0.1) is 0 Å². The van der Waals surface area contributed by atoms with Gasteiger partial charge in [-0.15, -0.1) is 22.7 Å². The summed E-state index contributed by atoms with van der Waals surface area (Å²) >= 11 is 6.49. The Labute approximate surface area is 98.5 Å². The maximum absolute atomic E-state index is 11.7. The van der Waals surface area contributed by atoms with Gasteiger partial charge in [0.2, 0.25) is 0 Å². The van der Waals surface area contributed by atoms with Crippen LogP contribution in [0.1, 0.15) is 14.5 Å². The van der Waals surface area contributed by atoms with E-state index in [1.165, 1.54) is 11.3 Å². The van der Waals surface area contributed by atoms with Gasteiger partial charge < -0.3 is 0 Å². The molecule has 2 rings (SSSR count). The lowest BCUT2D eigenvalue weighted by Crippen LogP contribution is -1.98. The highest BCUT2D eigenvalue weighted by Gasteiger charge is 2.08. The smallest absolute Gasteiger partial charge is 0.177 e.